The maximum absolute atomic E-state index is 9.99. The number of anilines is 2. The molecule has 0 saturated carbocycles. The van der Waals surface area contributed by atoms with Gasteiger partial charge in [-0.3, -0.25) is 0 Å². The average Bonchev–Trinajstić information content (AvgIpc) is 2.68. The number of phenolic OH excluding ortho intramolecular Hbond substituents is 1. The molecule has 6 nitrogen and oxygen atoms in total. The third-order valence-corrected chi connectivity index (χ3v) is 5.14. The summed E-state index contributed by atoms with van der Waals surface area (Å²) in [6, 6.07) is 11.2. The van der Waals surface area contributed by atoms with E-state index >= 15 is 0 Å². The zero-order valence-corrected chi connectivity index (χ0v) is 17.6. The van der Waals surface area contributed by atoms with Crippen molar-refractivity contribution in [3.05, 3.63) is 53.7 Å². The lowest BCUT2D eigenvalue weighted by molar-refractivity contribution is 0.373. The van der Waals surface area contributed by atoms with Crippen molar-refractivity contribution in [2.75, 3.05) is 19.5 Å². The predicted molar refractivity (Wildman–Crippen MR) is 116 cm³/mol. The number of rotatable bonds is 4. The number of benzene rings is 2. The molecule has 7 heteroatoms. The van der Waals surface area contributed by atoms with Gasteiger partial charge in [-0.15, -0.1) is 12.4 Å². The maximum Gasteiger partial charge on any atom is 0.227 e. The normalized spacial score (nSPS) is 13.5. The highest BCUT2D eigenvalue weighted by atomic mass is 35.5. The van der Waals surface area contributed by atoms with Crippen molar-refractivity contribution in [3.63, 3.8) is 0 Å². The molecule has 29 heavy (non-hydrogen) atoms. The van der Waals surface area contributed by atoms with Gasteiger partial charge in [0.25, 0.3) is 0 Å². The molecule has 152 valence electrons. The number of aromatic hydroxyl groups is 1. The van der Waals surface area contributed by atoms with Gasteiger partial charge < -0.3 is 19.9 Å². The molecule has 0 saturated heterocycles. The fourth-order valence-electron chi connectivity index (χ4n) is 3.73. The van der Waals surface area contributed by atoms with Crippen LogP contribution in [0.1, 0.15) is 25.0 Å². The Morgan fingerprint density at radius 1 is 1.07 bits per heavy atom. The number of phenols is 1. The Balaban J connectivity index is 0.00000240. The number of aromatic nitrogens is 2. The number of hydrogen-bond donors (Lipinski definition) is 2. The molecule has 0 fully saturated rings. The number of hydrogen-bond acceptors (Lipinski definition) is 6. The van der Waals surface area contributed by atoms with Gasteiger partial charge in [-0.25, -0.2) is 9.97 Å². The molecule has 1 aliphatic rings. The first-order valence-electron chi connectivity index (χ1n) is 9.10. The van der Waals surface area contributed by atoms with Gasteiger partial charge in [-0.1, -0.05) is 19.9 Å². The van der Waals surface area contributed by atoms with Crippen molar-refractivity contribution in [2.24, 2.45) is 0 Å². The molecule has 3 aromatic rings. The van der Waals surface area contributed by atoms with Crippen LogP contribution in [-0.4, -0.2) is 29.3 Å². The summed E-state index contributed by atoms with van der Waals surface area (Å²) in [5.74, 6) is 1.75. The van der Waals surface area contributed by atoms with Gasteiger partial charge in [-0.2, -0.15) is 0 Å². The second-order valence-corrected chi connectivity index (χ2v) is 7.55. The summed E-state index contributed by atoms with van der Waals surface area (Å²) in [5.41, 5.74) is 4.99. The standard InChI is InChI=1S/C22H23N3O3.ClH/c1-22(2)11-13-12-23-21(24-14-5-8-19(28-4)18(26)9-14)25-20(13)16-10-15(27-3)6-7-17(16)22;/h5-10,12,26H,11H2,1-4H3,(H,23,24,25);1H. The highest BCUT2D eigenvalue weighted by Gasteiger charge is 2.32. The smallest absolute Gasteiger partial charge is 0.227 e. The lowest BCUT2D eigenvalue weighted by Crippen LogP contribution is -2.26. The topological polar surface area (TPSA) is 76.5 Å². The number of nitrogens with one attached hydrogen (secondary N) is 1. The van der Waals surface area contributed by atoms with Gasteiger partial charge in [0.05, 0.1) is 19.9 Å². The minimum absolute atomic E-state index is 0. The van der Waals surface area contributed by atoms with Crippen LogP contribution in [0, 0.1) is 0 Å². The summed E-state index contributed by atoms with van der Waals surface area (Å²) in [6.45, 7) is 4.46. The van der Waals surface area contributed by atoms with Crippen LogP contribution in [0.2, 0.25) is 0 Å². The van der Waals surface area contributed by atoms with E-state index in [1.54, 1.807) is 25.3 Å². The van der Waals surface area contributed by atoms with Crippen LogP contribution in [0.25, 0.3) is 11.3 Å². The first kappa shape index (κ1) is 20.7. The number of nitrogens with zero attached hydrogens (tertiary/aromatic N) is 2. The molecular weight excluding hydrogens is 390 g/mol. The first-order chi connectivity index (χ1) is 13.4. The van der Waals surface area contributed by atoms with Gasteiger partial charge in [0.15, 0.2) is 11.5 Å². The molecule has 0 atom stereocenters. The number of ether oxygens (including phenoxy) is 2. The van der Waals surface area contributed by atoms with E-state index in [-0.39, 0.29) is 23.6 Å². The zero-order chi connectivity index (χ0) is 19.9. The summed E-state index contributed by atoms with van der Waals surface area (Å²) in [5, 5.41) is 13.1. The van der Waals surface area contributed by atoms with Crippen LogP contribution in [0.5, 0.6) is 17.2 Å². The van der Waals surface area contributed by atoms with Crippen LogP contribution in [-0.2, 0) is 11.8 Å². The Kier molecular flexibility index (Phi) is 5.57. The molecule has 0 aliphatic heterocycles. The van der Waals surface area contributed by atoms with Crippen molar-refractivity contribution >= 4 is 24.0 Å². The third kappa shape index (κ3) is 3.80. The lowest BCUT2D eigenvalue weighted by Gasteiger charge is -2.33. The third-order valence-electron chi connectivity index (χ3n) is 5.14. The summed E-state index contributed by atoms with van der Waals surface area (Å²) in [6.07, 6.45) is 2.74. The molecular formula is C22H24ClN3O3. The van der Waals surface area contributed by atoms with Gasteiger partial charge in [0.1, 0.15) is 5.75 Å². The molecule has 1 aromatic heterocycles. The number of methoxy groups -OCH3 is 2. The van der Waals surface area contributed by atoms with Crippen LogP contribution in [0.15, 0.2) is 42.6 Å². The van der Waals surface area contributed by atoms with Gasteiger partial charge in [-0.05, 0) is 47.2 Å². The molecule has 2 N–H and O–H groups in total. The Bertz CT molecular complexity index is 1050. The molecule has 0 radical (unpaired) electrons. The van der Waals surface area contributed by atoms with Crippen molar-refractivity contribution < 1.29 is 14.6 Å². The molecule has 1 aliphatic carbocycles. The maximum atomic E-state index is 9.99. The second kappa shape index (κ2) is 7.79. The summed E-state index contributed by atoms with van der Waals surface area (Å²) in [4.78, 5) is 9.25. The van der Waals surface area contributed by atoms with E-state index in [1.807, 2.05) is 18.3 Å². The summed E-state index contributed by atoms with van der Waals surface area (Å²) < 4.78 is 10.5. The molecule has 0 bridgehead atoms. The highest BCUT2D eigenvalue weighted by Crippen LogP contribution is 2.43. The average molecular weight is 414 g/mol. The van der Waals surface area contributed by atoms with Crippen molar-refractivity contribution in [1.82, 2.24) is 9.97 Å². The quantitative estimate of drug-likeness (QED) is 0.635. The van der Waals surface area contributed by atoms with Gasteiger partial charge in [0.2, 0.25) is 5.95 Å². The fraction of sp³-hybridized carbons (Fsp3) is 0.273. The van der Waals surface area contributed by atoms with E-state index in [0.29, 0.717) is 17.4 Å². The SMILES string of the molecule is COc1ccc2c(c1)-c1nc(Nc3ccc(OC)c(O)c3)ncc1CC2(C)C.Cl. The highest BCUT2D eigenvalue weighted by molar-refractivity contribution is 5.85. The number of halogens is 1. The molecule has 0 spiro atoms. The van der Waals surface area contributed by atoms with Gasteiger partial charge >= 0.3 is 0 Å². The molecule has 2 aromatic carbocycles. The largest absolute Gasteiger partial charge is 0.504 e. The van der Waals surface area contributed by atoms with Crippen LogP contribution in [0.4, 0.5) is 11.6 Å². The fourth-order valence-corrected chi connectivity index (χ4v) is 3.73. The van der Waals surface area contributed by atoms with E-state index in [4.69, 9.17) is 14.5 Å². The molecule has 1 heterocycles. The van der Waals surface area contributed by atoms with Crippen molar-refractivity contribution in [2.45, 2.75) is 25.7 Å². The van der Waals surface area contributed by atoms with Crippen LogP contribution in [0.3, 0.4) is 0 Å². The van der Waals surface area contributed by atoms with E-state index < -0.39 is 0 Å². The Morgan fingerprint density at radius 3 is 2.55 bits per heavy atom. The van der Waals surface area contributed by atoms with E-state index in [0.717, 1.165) is 29.0 Å². The van der Waals surface area contributed by atoms with E-state index in [9.17, 15) is 5.11 Å². The van der Waals surface area contributed by atoms with E-state index in [2.05, 4.69) is 30.2 Å². The van der Waals surface area contributed by atoms with Crippen molar-refractivity contribution in [3.8, 4) is 28.5 Å². The van der Waals surface area contributed by atoms with Gasteiger partial charge in [0, 0.05) is 23.5 Å². The van der Waals surface area contributed by atoms with E-state index in [1.165, 1.54) is 12.7 Å². The van der Waals surface area contributed by atoms with Crippen molar-refractivity contribution in [1.29, 1.82) is 0 Å². The molecule has 0 amide bonds. The minimum atomic E-state index is -0.00527. The monoisotopic (exact) mass is 413 g/mol. The first-order valence-corrected chi connectivity index (χ1v) is 9.10. The zero-order valence-electron chi connectivity index (χ0n) is 16.8. The molecule has 0 unspecified atom stereocenters. The minimum Gasteiger partial charge on any atom is -0.504 e. The lowest BCUT2D eigenvalue weighted by atomic mass is 9.72. The second-order valence-electron chi connectivity index (χ2n) is 7.55. The van der Waals surface area contributed by atoms with Crippen LogP contribution < -0.4 is 14.8 Å². The Hall–Kier alpha value is -2.99. The van der Waals surface area contributed by atoms with Crippen LogP contribution >= 0.6 is 12.4 Å². The molecule has 4 rings (SSSR count). The summed E-state index contributed by atoms with van der Waals surface area (Å²) >= 11 is 0. The number of fused-ring (bicyclic) bond motifs is 3. The Labute approximate surface area is 176 Å². The predicted octanol–water partition coefficient (Wildman–Crippen LogP) is 4.87. The Morgan fingerprint density at radius 2 is 1.86 bits per heavy atom. The summed E-state index contributed by atoms with van der Waals surface area (Å²) in [7, 11) is 3.18.